The van der Waals surface area contributed by atoms with Gasteiger partial charge in [0, 0.05) is 19.0 Å². The number of benzene rings is 1. The van der Waals surface area contributed by atoms with Crippen molar-refractivity contribution >= 4 is 34.5 Å². The molecule has 2 atom stereocenters. The molecule has 1 aromatic heterocycles. The summed E-state index contributed by atoms with van der Waals surface area (Å²) in [6.45, 7) is 2.69. The van der Waals surface area contributed by atoms with E-state index in [0.29, 0.717) is 41.4 Å². The molecule has 0 bridgehead atoms. The van der Waals surface area contributed by atoms with Crippen molar-refractivity contribution in [3.63, 3.8) is 0 Å². The van der Waals surface area contributed by atoms with Gasteiger partial charge < -0.3 is 11.1 Å². The predicted molar refractivity (Wildman–Crippen MR) is 124 cm³/mol. The minimum Gasteiger partial charge on any atom is -0.370 e. The number of para-hydroxylation sites is 1. The number of unbranched alkanes of at least 4 members (excludes halogenated alkanes) is 2. The number of nitrogens with two attached hydrogens (primary N) is 1. The first kappa shape index (κ1) is 23.3. The van der Waals surface area contributed by atoms with Gasteiger partial charge in [0.05, 0.1) is 16.7 Å². The highest BCUT2D eigenvalue weighted by molar-refractivity contribution is 7.99. The van der Waals surface area contributed by atoms with Crippen LogP contribution < -0.4 is 16.6 Å². The Morgan fingerprint density at radius 3 is 2.74 bits per heavy atom. The smallest absolute Gasteiger partial charge is 0.262 e. The number of amides is 2. The number of primary amides is 1. The molecular weight excluding hydrogens is 412 g/mol. The summed E-state index contributed by atoms with van der Waals surface area (Å²) < 4.78 is 1.66. The third-order valence-corrected chi connectivity index (χ3v) is 6.90. The highest BCUT2D eigenvalue weighted by Crippen LogP contribution is 2.24. The standard InChI is InChI=1S/C23H32N4O3S/c1-16-9-4-6-11-18(16)25-21(29)15-31-23-26-19-12-7-5-10-17(19)22(30)27(23)14-8-2-3-13-20(24)28/h5,7,10,12,16,18H,2-4,6,8-9,11,13-15H2,1H3,(H2,24,28)(H,25,29)/t16-,18+/m0/s1. The van der Waals surface area contributed by atoms with E-state index in [2.05, 4.69) is 17.2 Å². The number of hydrogen-bond acceptors (Lipinski definition) is 5. The molecule has 0 aliphatic heterocycles. The second kappa shape index (κ2) is 11.3. The van der Waals surface area contributed by atoms with Gasteiger partial charge in [-0.2, -0.15) is 0 Å². The molecule has 2 aromatic rings. The molecule has 0 saturated heterocycles. The van der Waals surface area contributed by atoms with Crippen LogP contribution in [0, 0.1) is 5.92 Å². The van der Waals surface area contributed by atoms with Crippen LogP contribution >= 0.6 is 11.8 Å². The Balaban J connectivity index is 1.69. The molecule has 3 N–H and O–H groups in total. The number of aromatic nitrogens is 2. The van der Waals surface area contributed by atoms with Crippen LogP contribution in [0.1, 0.15) is 58.3 Å². The van der Waals surface area contributed by atoms with Crippen molar-refractivity contribution in [2.45, 2.75) is 76.0 Å². The number of nitrogens with zero attached hydrogens (tertiary/aromatic N) is 2. The maximum absolute atomic E-state index is 13.1. The number of carbonyl (C=O) groups is 2. The summed E-state index contributed by atoms with van der Waals surface area (Å²) in [6.07, 6.45) is 7.17. The fourth-order valence-corrected chi connectivity index (χ4v) is 4.95. The van der Waals surface area contributed by atoms with Crippen molar-refractivity contribution in [3.05, 3.63) is 34.6 Å². The largest absolute Gasteiger partial charge is 0.370 e. The van der Waals surface area contributed by atoms with Gasteiger partial charge in [-0.15, -0.1) is 0 Å². The zero-order valence-electron chi connectivity index (χ0n) is 18.1. The van der Waals surface area contributed by atoms with Crippen LogP contribution in [-0.4, -0.2) is 33.2 Å². The van der Waals surface area contributed by atoms with Gasteiger partial charge in [-0.05, 0) is 43.7 Å². The zero-order chi connectivity index (χ0) is 22.2. The summed E-state index contributed by atoms with van der Waals surface area (Å²) in [5.41, 5.74) is 5.74. The van der Waals surface area contributed by atoms with Gasteiger partial charge in [-0.1, -0.05) is 50.1 Å². The molecule has 1 aliphatic rings. The van der Waals surface area contributed by atoms with Crippen LogP contribution in [0.5, 0.6) is 0 Å². The predicted octanol–water partition coefficient (Wildman–Crippen LogP) is 3.23. The fourth-order valence-electron chi connectivity index (χ4n) is 4.11. The maximum atomic E-state index is 13.1. The number of thioether (sulfide) groups is 1. The Morgan fingerprint density at radius 2 is 1.97 bits per heavy atom. The lowest BCUT2D eigenvalue weighted by atomic mass is 9.86. The minimum atomic E-state index is -0.306. The van der Waals surface area contributed by atoms with Gasteiger partial charge in [0.2, 0.25) is 11.8 Å². The van der Waals surface area contributed by atoms with Crippen molar-refractivity contribution < 1.29 is 9.59 Å². The SMILES string of the molecule is C[C@H]1CCCC[C@H]1NC(=O)CSc1nc2ccccc2c(=O)n1CCCCCC(N)=O. The van der Waals surface area contributed by atoms with Gasteiger partial charge >= 0.3 is 0 Å². The average molecular weight is 445 g/mol. The van der Waals surface area contributed by atoms with Gasteiger partial charge in [0.25, 0.3) is 5.56 Å². The molecule has 1 fully saturated rings. The molecule has 2 amide bonds. The summed E-state index contributed by atoms with van der Waals surface area (Å²) in [4.78, 5) is 41.2. The van der Waals surface area contributed by atoms with Crippen LogP contribution in [0.25, 0.3) is 10.9 Å². The maximum Gasteiger partial charge on any atom is 0.262 e. The Morgan fingerprint density at radius 1 is 1.19 bits per heavy atom. The normalized spacial score (nSPS) is 18.7. The van der Waals surface area contributed by atoms with E-state index in [1.165, 1.54) is 18.2 Å². The summed E-state index contributed by atoms with van der Waals surface area (Å²) in [5, 5.41) is 4.30. The van der Waals surface area contributed by atoms with Crippen molar-refractivity contribution in [2.75, 3.05) is 5.75 Å². The fraction of sp³-hybridized carbons (Fsp3) is 0.565. The van der Waals surface area contributed by atoms with Crippen molar-refractivity contribution in [2.24, 2.45) is 11.7 Å². The van der Waals surface area contributed by atoms with Crippen LogP contribution in [0.4, 0.5) is 0 Å². The number of nitrogens with one attached hydrogen (secondary N) is 1. The first-order valence-electron chi connectivity index (χ1n) is 11.2. The van der Waals surface area contributed by atoms with E-state index in [9.17, 15) is 14.4 Å². The molecule has 1 heterocycles. The Hall–Kier alpha value is -2.35. The number of rotatable bonds is 10. The van der Waals surface area contributed by atoms with Gasteiger partial charge in [-0.25, -0.2) is 4.98 Å². The third-order valence-electron chi connectivity index (χ3n) is 5.92. The summed E-state index contributed by atoms with van der Waals surface area (Å²) >= 11 is 1.31. The molecule has 7 nitrogen and oxygen atoms in total. The van der Waals surface area contributed by atoms with E-state index in [1.807, 2.05) is 18.2 Å². The Bertz CT molecular complexity index is 975. The quantitative estimate of drug-likeness (QED) is 0.332. The van der Waals surface area contributed by atoms with E-state index in [0.717, 1.165) is 32.1 Å². The van der Waals surface area contributed by atoms with Gasteiger partial charge in [0.1, 0.15) is 0 Å². The minimum absolute atomic E-state index is 0.0147. The van der Waals surface area contributed by atoms with Crippen LogP contribution in [0.2, 0.25) is 0 Å². The van der Waals surface area contributed by atoms with E-state index < -0.39 is 0 Å². The molecular formula is C23H32N4O3S. The first-order valence-corrected chi connectivity index (χ1v) is 12.1. The third kappa shape index (κ3) is 6.56. The molecule has 168 valence electrons. The molecule has 31 heavy (non-hydrogen) atoms. The lowest BCUT2D eigenvalue weighted by Gasteiger charge is -2.29. The molecule has 1 aromatic carbocycles. The molecule has 3 rings (SSSR count). The van der Waals surface area contributed by atoms with Crippen molar-refractivity contribution in [1.29, 1.82) is 0 Å². The second-order valence-corrected chi connectivity index (χ2v) is 9.31. The Kier molecular flexibility index (Phi) is 8.51. The van der Waals surface area contributed by atoms with E-state index in [-0.39, 0.29) is 29.2 Å². The van der Waals surface area contributed by atoms with E-state index in [4.69, 9.17) is 5.73 Å². The molecule has 8 heteroatoms. The number of carbonyl (C=O) groups excluding carboxylic acids is 2. The summed E-state index contributed by atoms with van der Waals surface area (Å²) in [6, 6.07) is 7.52. The lowest BCUT2D eigenvalue weighted by molar-refractivity contribution is -0.120. The molecule has 0 radical (unpaired) electrons. The molecule has 0 spiro atoms. The molecule has 1 saturated carbocycles. The van der Waals surface area contributed by atoms with Gasteiger partial charge in [0.15, 0.2) is 5.16 Å². The number of fused-ring (bicyclic) bond motifs is 1. The summed E-state index contributed by atoms with van der Waals surface area (Å²) in [7, 11) is 0. The first-order chi connectivity index (χ1) is 15.0. The highest BCUT2D eigenvalue weighted by Gasteiger charge is 2.23. The van der Waals surface area contributed by atoms with E-state index >= 15 is 0 Å². The van der Waals surface area contributed by atoms with Crippen LogP contribution in [-0.2, 0) is 16.1 Å². The monoisotopic (exact) mass is 444 g/mol. The second-order valence-electron chi connectivity index (χ2n) is 8.37. The van der Waals surface area contributed by atoms with Gasteiger partial charge in [-0.3, -0.25) is 19.0 Å². The number of hydrogen-bond donors (Lipinski definition) is 2. The summed E-state index contributed by atoms with van der Waals surface area (Å²) in [5.74, 6) is 0.411. The topological polar surface area (TPSA) is 107 Å². The lowest BCUT2D eigenvalue weighted by Crippen LogP contribution is -2.42. The molecule has 0 unspecified atom stereocenters. The molecule has 1 aliphatic carbocycles. The van der Waals surface area contributed by atoms with Crippen LogP contribution in [0.3, 0.4) is 0 Å². The highest BCUT2D eigenvalue weighted by atomic mass is 32.2. The van der Waals surface area contributed by atoms with Crippen LogP contribution in [0.15, 0.2) is 34.2 Å². The average Bonchev–Trinajstić information content (AvgIpc) is 2.75. The Labute approximate surface area is 187 Å². The zero-order valence-corrected chi connectivity index (χ0v) is 19.0. The van der Waals surface area contributed by atoms with Crippen molar-refractivity contribution in [1.82, 2.24) is 14.9 Å². The van der Waals surface area contributed by atoms with E-state index in [1.54, 1.807) is 10.6 Å². The van der Waals surface area contributed by atoms with Crippen molar-refractivity contribution in [3.8, 4) is 0 Å².